The number of methoxy groups -OCH3 is 1. The summed E-state index contributed by atoms with van der Waals surface area (Å²) in [6, 6.07) is 8.66. The number of benzene rings is 1. The van der Waals surface area contributed by atoms with Gasteiger partial charge >= 0.3 is 0 Å². The van der Waals surface area contributed by atoms with Gasteiger partial charge in [0.05, 0.1) is 11.4 Å². The van der Waals surface area contributed by atoms with Crippen LogP contribution in [0.5, 0.6) is 0 Å². The first kappa shape index (κ1) is 15.9. The zero-order valence-electron chi connectivity index (χ0n) is 14.0. The van der Waals surface area contributed by atoms with Gasteiger partial charge in [0, 0.05) is 38.9 Å². The smallest absolute Gasteiger partial charge is 0.124 e. The Morgan fingerprint density at radius 1 is 0.905 bits per heavy atom. The number of rotatable bonds is 7. The molecule has 0 fully saturated rings. The van der Waals surface area contributed by atoms with E-state index in [1.54, 1.807) is 0 Å². The van der Waals surface area contributed by atoms with Gasteiger partial charge in [-0.2, -0.15) is 0 Å². The Morgan fingerprint density at radius 3 is 2.00 bits per heavy atom. The highest BCUT2D eigenvalue weighted by molar-refractivity contribution is 5.76. The number of ether oxygens (including phenoxy) is 1. The molecule has 0 heterocycles. The second-order valence-electron chi connectivity index (χ2n) is 5.28. The van der Waals surface area contributed by atoms with Gasteiger partial charge in [0.1, 0.15) is 6.10 Å². The quantitative estimate of drug-likeness (QED) is 0.760. The van der Waals surface area contributed by atoms with E-state index in [-0.39, 0.29) is 6.10 Å². The third-order valence-corrected chi connectivity index (χ3v) is 4.41. The van der Waals surface area contributed by atoms with E-state index in [0.717, 1.165) is 26.2 Å². The lowest BCUT2D eigenvalue weighted by atomic mass is 10.1. The number of fused-ring (bicyclic) bond motifs is 1. The normalized spacial score (nSPS) is 17.1. The molecular formula is C18H28N2O. The van der Waals surface area contributed by atoms with Crippen molar-refractivity contribution in [3.8, 4) is 0 Å². The van der Waals surface area contributed by atoms with Gasteiger partial charge in [0.2, 0.25) is 0 Å². The number of hydrogen-bond acceptors (Lipinski definition) is 3. The van der Waals surface area contributed by atoms with Crippen molar-refractivity contribution in [1.82, 2.24) is 9.80 Å². The van der Waals surface area contributed by atoms with Gasteiger partial charge in [-0.15, -0.1) is 0 Å². The summed E-state index contributed by atoms with van der Waals surface area (Å²) in [6.45, 7) is 12.9. The number of nitrogens with zero attached hydrogens (tertiary/aromatic N) is 2. The SMILES string of the molecule is CCN(CC)C1=C(N(CC)CC)C(OC)c2ccccc21. The second kappa shape index (κ2) is 6.99. The van der Waals surface area contributed by atoms with Crippen molar-refractivity contribution >= 4 is 5.70 Å². The van der Waals surface area contributed by atoms with E-state index in [9.17, 15) is 0 Å². The van der Waals surface area contributed by atoms with Crippen LogP contribution in [0.15, 0.2) is 30.0 Å². The van der Waals surface area contributed by atoms with Gasteiger partial charge in [-0.3, -0.25) is 0 Å². The molecule has 116 valence electrons. The van der Waals surface area contributed by atoms with E-state index in [4.69, 9.17) is 4.74 Å². The molecule has 0 amide bonds. The third-order valence-electron chi connectivity index (χ3n) is 4.41. The molecule has 1 aliphatic carbocycles. The van der Waals surface area contributed by atoms with Crippen molar-refractivity contribution in [2.75, 3.05) is 33.3 Å². The summed E-state index contributed by atoms with van der Waals surface area (Å²) in [5.74, 6) is 0. The minimum absolute atomic E-state index is 0.0525. The summed E-state index contributed by atoms with van der Waals surface area (Å²) < 4.78 is 5.88. The van der Waals surface area contributed by atoms with E-state index in [2.05, 4.69) is 61.8 Å². The van der Waals surface area contributed by atoms with Crippen LogP contribution in [0.3, 0.4) is 0 Å². The maximum Gasteiger partial charge on any atom is 0.124 e. The van der Waals surface area contributed by atoms with Crippen LogP contribution in [0, 0.1) is 0 Å². The van der Waals surface area contributed by atoms with Crippen molar-refractivity contribution in [3.05, 3.63) is 41.1 Å². The fourth-order valence-electron chi connectivity index (χ4n) is 3.34. The van der Waals surface area contributed by atoms with E-state index >= 15 is 0 Å². The van der Waals surface area contributed by atoms with Gasteiger partial charge in [0.25, 0.3) is 0 Å². The standard InChI is InChI=1S/C18H28N2O/c1-6-19(7-2)16-14-12-10-11-13-15(14)18(21-5)17(16)20(8-3)9-4/h10-13,18H,6-9H2,1-5H3. The van der Waals surface area contributed by atoms with Gasteiger partial charge in [0.15, 0.2) is 0 Å². The Balaban J connectivity index is 2.63. The van der Waals surface area contributed by atoms with Gasteiger partial charge in [-0.05, 0) is 33.3 Å². The van der Waals surface area contributed by atoms with Crippen molar-refractivity contribution in [1.29, 1.82) is 0 Å². The van der Waals surface area contributed by atoms with E-state index in [0.29, 0.717) is 0 Å². The van der Waals surface area contributed by atoms with E-state index < -0.39 is 0 Å². The molecule has 1 unspecified atom stereocenters. The predicted octanol–water partition coefficient (Wildman–Crippen LogP) is 3.74. The Hall–Kier alpha value is -1.48. The Morgan fingerprint density at radius 2 is 1.48 bits per heavy atom. The monoisotopic (exact) mass is 288 g/mol. The topological polar surface area (TPSA) is 15.7 Å². The van der Waals surface area contributed by atoms with Crippen molar-refractivity contribution < 1.29 is 4.74 Å². The molecule has 0 spiro atoms. The molecular weight excluding hydrogens is 260 g/mol. The Bertz CT molecular complexity index is 502. The molecule has 0 N–H and O–H groups in total. The van der Waals surface area contributed by atoms with Crippen molar-refractivity contribution in [3.63, 3.8) is 0 Å². The Kier molecular flexibility index (Phi) is 5.29. The van der Waals surface area contributed by atoms with Crippen LogP contribution in [0.2, 0.25) is 0 Å². The first-order valence-electron chi connectivity index (χ1n) is 8.09. The number of likely N-dealkylation sites (N-methyl/N-ethyl adjacent to an activating group) is 1. The fourth-order valence-corrected chi connectivity index (χ4v) is 3.34. The summed E-state index contributed by atoms with van der Waals surface area (Å²) in [5, 5.41) is 0. The van der Waals surface area contributed by atoms with Crippen molar-refractivity contribution in [2.45, 2.75) is 33.8 Å². The molecule has 0 saturated carbocycles. The molecule has 0 aliphatic heterocycles. The maximum atomic E-state index is 5.88. The molecule has 2 rings (SSSR count). The molecule has 0 radical (unpaired) electrons. The van der Waals surface area contributed by atoms with Crippen LogP contribution in [0.1, 0.15) is 44.9 Å². The highest BCUT2D eigenvalue weighted by Gasteiger charge is 2.35. The third kappa shape index (κ3) is 2.67. The van der Waals surface area contributed by atoms with Crippen LogP contribution in [0.4, 0.5) is 0 Å². The summed E-state index contributed by atoms with van der Waals surface area (Å²) in [6.07, 6.45) is 0.0525. The van der Waals surface area contributed by atoms with Crippen LogP contribution < -0.4 is 0 Å². The van der Waals surface area contributed by atoms with E-state index in [1.807, 2.05) is 7.11 Å². The fraction of sp³-hybridized carbons (Fsp3) is 0.556. The zero-order valence-corrected chi connectivity index (χ0v) is 14.0. The number of hydrogen-bond donors (Lipinski definition) is 0. The summed E-state index contributed by atoms with van der Waals surface area (Å²) in [4.78, 5) is 4.88. The molecule has 1 aromatic carbocycles. The largest absolute Gasteiger partial charge is 0.371 e. The first-order valence-corrected chi connectivity index (χ1v) is 8.09. The minimum Gasteiger partial charge on any atom is -0.371 e. The molecule has 0 bridgehead atoms. The lowest BCUT2D eigenvalue weighted by molar-refractivity contribution is 0.107. The van der Waals surface area contributed by atoms with Crippen LogP contribution in [0.25, 0.3) is 5.70 Å². The second-order valence-corrected chi connectivity index (χ2v) is 5.28. The predicted molar refractivity (Wildman–Crippen MR) is 89.0 cm³/mol. The summed E-state index contributed by atoms with van der Waals surface area (Å²) >= 11 is 0. The van der Waals surface area contributed by atoms with Gasteiger partial charge < -0.3 is 14.5 Å². The average Bonchev–Trinajstić information content (AvgIpc) is 2.85. The highest BCUT2D eigenvalue weighted by Crippen LogP contribution is 2.44. The lowest BCUT2D eigenvalue weighted by Crippen LogP contribution is -2.30. The summed E-state index contributed by atoms with van der Waals surface area (Å²) in [7, 11) is 1.82. The van der Waals surface area contributed by atoms with Gasteiger partial charge in [-0.25, -0.2) is 0 Å². The van der Waals surface area contributed by atoms with Crippen LogP contribution in [-0.2, 0) is 4.74 Å². The molecule has 3 nitrogen and oxygen atoms in total. The Labute approximate surface area is 129 Å². The summed E-state index contributed by atoms with van der Waals surface area (Å²) in [5.41, 5.74) is 5.30. The molecule has 1 aliphatic rings. The highest BCUT2D eigenvalue weighted by atomic mass is 16.5. The van der Waals surface area contributed by atoms with Crippen LogP contribution in [-0.4, -0.2) is 43.1 Å². The molecule has 0 saturated heterocycles. The molecule has 0 aromatic heterocycles. The van der Waals surface area contributed by atoms with E-state index in [1.165, 1.54) is 22.5 Å². The minimum atomic E-state index is 0.0525. The van der Waals surface area contributed by atoms with Crippen LogP contribution >= 0.6 is 0 Å². The first-order chi connectivity index (χ1) is 10.2. The molecule has 1 aromatic rings. The van der Waals surface area contributed by atoms with Gasteiger partial charge in [-0.1, -0.05) is 24.3 Å². The average molecular weight is 288 g/mol. The lowest BCUT2D eigenvalue weighted by Gasteiger charge is -2.31. The molecule has 1 atom stereocenters. The zero-order chi connectivity index (χ0) is 15.4. The maximum absolute atomic E-state index is 5.88. The molecule has 21 heavy (non-hydrogen) atoms. The van der Waals surface area contributed by atoms with Crippen molar-refractivity contribution in [2.24, 2.45) is 0 Å². The molecule has 3 heteroatoms.